The van der Waals surface area contributed by atoms with Crippen molar-refractivity contribution in [2.75, 3.05) is 13.2 Å². The van der Waals surface area contributed by atoms with Crippen molar-refractivity contribution < 1.29 is 9.47 Å². The van der Waals surface area contributed by atoms with E-state index in [1.54, 1.807) is 0 Å². The summed E-state index contributed by atoms with van der Waals surface area (Å²) < 4.78 is 20.1. The molecule has 4 aromatic heterocycles. The number of ether oxygens (including phenoxy) is 2. The molecule has 12 aromatic rings. The van der Waals surface area contributed by atoms with Crippen LogP contribution in [0.3, 0.4) is 0 Å². The van der Waals surface area contributed by atoms with Crippen molar-refractivity contribution in [2.45, 2.75) is 85.5 Å². The monoisotopic (exact) mass is 1200 g/mol. The molecule has 4 heterocycles. The number of aromatic nitrogens is 4. The zero-order valence-electron chi connectivity index (χ0n) is 51.2. The van der Waals surface area contributed by atoms with E-state index < -0.39 is 13.7 Å². The maximum Gasteiger partial charge on any atom is 0.328 e. The second-order valence-electron chi connectivity index (χ2n) is 23.1. The van der Waals surface area contributed by atoms with E-state index in [0.29, 0.717) is 56.9 Å². The third-order valence-electron chi connectivity index (χ3n) is 17.5. The van der Waals surface area contributed by atoms with E-state index in [4.69, 9.17) is 19.4 Å². The van der Waals surface area contributed by atoms with Gasteiger partial charge < -0.3 is 18.4 Å². The summed E-state index contributed by atoms with van der Waals surface area (Å²) in [5.41, 5.74) is 9.87. The second kappa shape index (κ2) is 28.3. The zero-order chi connectivity index (χ0) is 61.1. The molecule has 12 rings (SSSR count). The van der Waals surface area contributed by atoms with Gasteiger partial charge in [0, 0.05) is 22.2 Å². The molecule has 2 unspecified atom stereocenters. The first-order valence-electron chi connectivity index (χ1n) is 31.7. The molecule has 0 radical (unpaired) electrons. The largest absolute Gasteiger partial charge is 0.494 e. The number of thiazole rings is 2. The minimum Gasteiger partial charge on any atom is -0.494 e. The molecule has 89 heavy (non-hydrogen) atoms. The van der Waals surface area contributed by atoms with Gasteiger partial charge in [-0.1, -0.05) is 240 Å². The summed E-state index contributed by atoms with van der Waals surface area (Å²) >= 11 is 3.03. The van der Waals surface area contributed by atoms with Gasteiger partial charge >= 0.3 is 13.7 Å². The number of fused-ring (bicyclic) bond motifs is 3. The van der Waals surface area contributed by atoms with Crippen molar-refractivity contribution in [1.29, 1.82) is 10.5 Å². The molecule has 0 saturated heterocycles. The van der Waals surface area contributed by atoms with Crippen molar-refractivity contribution in [3.63, 3.8) is 0 Å². The summed E-state index contributed by atoms with van der Waals surface area (Å²) in [6.45, 7) is 9.23. The van der Waals surface area contributed by atoms with Crippen molar-refractivity contribution >= 4 is 101 Å². The minimum absolute atomic E-state index is 0.407. The van der Waals surface area contributed by atoms with Crippen molar-refractivity contribution in [3.05, 3.63) is 239 Å². The molecular weight excluding hydrogens is 1130 g/mol. The standard InChI is InChI=1S/C77H72B2N6O2S2/c1-5-9-27-54(7-3)49-50-86-62-45-41-56(42-46-62)72-70-71(75(65(52-81)77-83-67-38-24-26-40-69(67)89-77)84(72)78(58-29-15-11-16-30-58)59-31-17-12-18-32-59)73(57-43-47-63(48-44-57)87-53-55(8-4)28-10-6-2)85(79(60-33-19-13-20-34-60)61-35-21-14-22-36-61)74(70)64(51-80)76-82-66-37-23-25-39-68(66)88-76/h11-26,29-48,54-55H,5-10,27-28,49-50,53H2,1-4H3/b74-64-,75-65-. The summed E-state index contributed by atoms with van der Waals surface area (Å²) in [4.78, 5) is 10.7. The van der Waals surface area contributed by atoms with E-state index >= 15 is 0 Å². The Labute approximate surface area is 531 Å². The van der Waals surface area contributed by atoms with Crippen molar-refractivity contribution in [2.24, 2.45) is 11.8 Å². The highest BCUT2D eigenvalue weighted by Gasteiger charge is 2.38. The molecule has 0 spiro atoms. The molecular formula is C77H72B2N6O2S2. The number of nitrogens with zero attached hydrogens (tertiary/aromatic N) is 6. The van der Waals surface area contributed by atoms with Gasteiger partial charge in [-0.25, -0.2) is 9.97 Å². The van der Waals surface area contributed by atoms with Crippen LogP contribution in [0.25, 0.3) is 64.9 Å². The van der Waals surface area contributed by atoms with Crippen LogP contribution >= 0.6 is 22.7 Å². The van der Waals surface area contributed by atoms with Crippen LogP contribution < -0.4 is 42.0 Å². The molecule has 0 aliphatic rings. The molecule has 0 fully saturated rings. The van der Waals surface area contributed by atoms with Crippen molar-refractivity contribution in [1.82, 2.24) is 18.9 Å². The molecule has 0 N–H and O–H groups in total. The van der Waals surface area contributed by atoms with Crippen LogP contribution in [0, 0.1) is 34.5 Å². The van der Waals surface area contributed by atoms with Gasteiger partial charge in [0.25, 0.3) is 0 Å². The van der Waals surface area contributed by atoms with E-state index in [1.165, 1.54) is 41.9 Å². The Hall–Kier alpha value is -9.19. The molecule has 0 bridgehead atoms. The van der Waals surface area contributed by atoms with Crippen LogP contribution in [0.2, 0.25) is 0 Å². The van der Waals surface area contributed by atoms with E-state index in [2.05, 4.69) is 231 Å². The molecule has 0 aliphatic carbocycles. The van der Waals surface area contributed by atoms with Gasteiger partial charge in [-0.2, -0.15) is 10.5 Å². The quantitative estimate of drug-likeness (QED) is 0.0528. The lowest BCUT2D eigenvalue weighted by atomic mass is 9.50. The van der Waals surface area contributed by atoms with Crippen LogP contribution in [0.5, 0.6) is 11.5 Å². The summed E-state index contributed by atoms with van der Waals surface area (Å²) in [6.07, 6.45) is 10.1. The van der Waals surface area contributed by atoms with Crippen LogP contribution in [0.1, 0.15) is 95.5 Å². The number of rotatable bonds is 25. The summed E-state index contributed by atoms with van der Waals surface area (Å²) in [5.74, 6) is 2.58. The first kappa shape index (κ1) is 60.1. The number of hydrogen-bond donors (Lipinski definition) is 0. The molecule has 12 heteroatoms. The Kier molecular flexibility index (Phi) is 19.1. The summed E-state index contributed by atoms with van der Waals surface area (Å²) in [6, 6.07) is 81.4. The third-order valence-corrected chi connectivity index (χ3v) is 19.6. The second-order valence-corrected chi connectivity index (χ2v) is 25.2. The molecule has 8 aromatic carbocycles. The Morgan fingerprint density at radius 2 is 0.820 bits per heavy atom. The minimum atomic E-state index is -0.520. The van der Waals surface area contributed by atoms with Gasteiger partial charge in [0.2, 0.25) is 0 Å². The maximum absolute atomic E-state index is 12.5. The zero-order valence-corrected chi connectivity index (χ0v) is 52.8. The van der Waals surface area contributed by atoms with Gasteiger partial charge in [-0.05, 0) is 109 Å². The average molecular weight is 1200 g/mol. The maximum atomic E-state index is 12.5. The molecule has 8 nitrogen and oxygen atoms in total. The van der Waals surface area contributed by atoms with Crippen LogP contribution in [-0.4, -0.2) is 45.8 Å². The van der Waals surface area contributed by atoms with E-state index in [1.807, 2.05) is 36.4 Å². The summed E-state index contributed by atoms with van der Waals surface area (Å²) in [7, 11) is 0. The van der Waals surface area contributed by atoms with Crippen LogP contribution in [-0.2, 0) is 0 Å². The fourth-order valence-electron chi connectivity index (χ4n) is 12.8. The number of para-hydroxylation sites is 2. The van der Waals surface area contributed by atoms with Crippen LogP contribution in [0.4, 0.5) is 0 Å². The van der Waals surface area contributed by atoms with Crippen LogP contribution in [0.15, 0.2) is 218 Å². The normalized spacial score (nSPS) is 12.8. The van der Waals surface area contributed by atoms with Gasteiger partial charge in [0.1, 0.15) is 44.8 Å². The average Bonchev–Trinajstić information content (AvgIpc) is 1.57. The highest BCUT2D eigenvalue weighted by atomic mass is 32.1. The number of unbranched alkanes of at least 4 members (excludes halogenated alkanes) is 2. The van der Waals surface area contributed by atoms with Gasteiger partial charge in [0.05, 0.1) is 44.3 Å². The third kappa shape index (κ3) is 12.6. The lowest BCUT2D eigenvalue weighted by molar-refractivity contribution is 0.233. The fraction of sp³-hybridized carbons (Fsp3) is 0.221. The number of hydrogen-bond acceptors (Lipinski definition) is 8. The molecule has 0 saturated carbocycles. The lowest BCUT2D eigenvalue weighted by Gasteiger charge is -2.24. The van der Waals surface area contributed by atoms with E-state index in [9.17, 15) is 10.5 Å². The Morgan fingerprint density at radius 3 is 1.19 bits per heavy atom. The SMILES string of the molecule is CCCCC(CC)CCOc1ccc(-c2c3/c(=C(\C#N)c4nc5ccccc5s4)n(B(c4ccccc4)c4ccccc4)c(-c4ccc(OCC(CC)CCCC)cc4)c3/c(=C(\C#N)c3nc4ccccc4s3)n2B(c2ccccc2)c2ccccc2)cc1. The molecule has 0 aliphatic heterocycles. The highest BCUT2D eigenvalue weighted by molar-refractivity contribution is 7.20. The molecule has 440 valence electrons. The first-order valence-corrected chi connectivity index (χ1v) is 33.3. The predicted octanol–water partition coefficient (Wildman–Crippen LogP) is 15.3. The molecule has 0 amide bonds. The topological polar surface area (TPSA) is 102 Å². The Bertz CT molecular complexity index is 4330. The Balaban J connectivity index is 1.31. The molecule has 2 atom stereocenters. The summed E-state index contributed by atoms with van der Waals surface area (Å²) in [5, 5.41) is 29.0. The lowest BCUT2D eigenvalue weighted by Crippen LogP contribution is -2.54. The van der Waals surface area contributed by atoms with Gasteiger partial charge in [-0.15, -0.1) is 22.7 Å². The number of benzene rings is 8. The van der Waals surface area contributed by atoms with Gasteiger partial charge in [-0.3, -0.25) is 0 Å². The van der Waals surface area contributed by atoms with Crippen molar-refractivity contribution in [3.8, 4) is 46.2 Å². The predicted molar refractivity (Wildman–Crippen MR) is 374 cm³/mol. The van der Waals surface area contributed by atoms with E-state index in [0.717, 1.165) is 126 Å². The first-order chi connectivity index (χ1) is 43.9. The highest BCUT2D eigenvalue weighted by Crippen LogP contribution is 2.39. The van der Waals surface area contributed by atoms with E-state index in [-0.39, 0.29) is 0 Å². The number of nitriles is 2. The Morgan fingerprint density at radius 1 is 0.449 bits per heavy atom. The fourth-order valence-corrected chi connectivity index (χ4v) is 14.7. The smallest absolute Gasteiger partial charge is 0.328 e. The van der Waals surface area contributed by atoms with Gasteiger partial charge in [0.15, 0.2) is 0 Å².